The Kier molecular flexibility index (Phi) is 7.41. The monoisotopic (exact) mass is 444 g/mol. The van der Waals surface area contributed by atoms with E-state index in [0.717, 1.165) is 18.2 Å². The van der Waals surface area contributed by atoms with Gasteiger partial charge in [0.25, 0.3) is 6.10 Å². The van der Waals surface area contributed by atoms with Crippen molar-refractivity contribution in [2.75, 3.05) is 0 Å². The number of carbonyl (C=O) groups excluding carboxylic acids is 2. The van der Waals surface area contributed by atoms with Crippen LogP contribution in [0.15, 0.2) is 18.2 Å². The first-order chi connectivity index (χ1) is 13.0. The zero-order valence-corrected chi connectivity index (χ0v) is 15.7. The summed E-state index contributed by atoms with van der Waals surface area (Å²) in [5.41, 5.74) is -0.611. The van der Waals surface area contributed by atoms with Crippen LogP contribution in [0.5, 0.6) is 5.75 Å². The summed E-state index contributed by atoms with van der Waals surface area (Å²) in [6.45, 7) is 2.80. The van der Waals surface area contributed by atoms with E-state index in [0.29, 0.717) is 0 Å². The predicted molar refractivity (Wildman–Crippen MR) is 88.1 cm³/mol. The third-order valence-corrected chi connectivity index (χ3v) is 4.26. The number of hydrogen-bond donors (Lipinski definition) is 1. The molecule has 0 bridgehead atoms. The third kappa shape index (κ3) is 5.89. The van der Waals surface area contributed by atoms with Gasteiger partial charge in [0.2, 0.25) is 0 Å². The fourth-order valence-corrected chi connectivity index (χ4v) is 2.26. The molecule has 1 aromatic carbocycles. The van der Waals surface area contributed by atoms with Crippen LogP contribution in [-0.4, -0.2) is 50.3 Å². The SMILES string of the molecule is [B]Cc1ccc(C(=O)OC(C(F)(F)F)C(F)(F)S(=O)(=O)O)c(OC(=O)C(C)C)c1. The van der Waals surface area contributed by atoms with E-state index in [9.17, 15) is 40.0 Å². The molecule has 0 amide bonds. The zero-order chi connectivity index (χ0) is 22.8. The molecule has 0 heterocycles. The highest BCUT2D eigenvalue weighted by molar-refractivity contribution is 7.86. The van der Waals surface area contributed by atoms with Crippen molar-refractivity contribution in [1.29, 1.82) is 0 Å². The van der Waals surface area contributed by atoms with Crippen molar-refractivity contribution in [2.45, 2.75) is 37.7 Å². The lowest BCUT2D eigenvalue weighted by Gasteiger charge is -2.26. The lowest BCUT2D eigenvalue weighted by Crippen LogP contribution is -2.52. The topological polar surface area (TPSA) is 107 Å². The zero-order valence-electron chi connectivity index (χ0n) is 14.9. The van der Waals surface area contributed by atoms with Crippen molar-refractivity contribution < 1.29 is 54.0 Å². The van der Waals surface area contributed by atoms with Crippen LogP contribution in [-0.2, 0) is 26.0 Å². The standard InChI is InChI=1S/C15H14BF5O7S/c1-7(2)11(22)27-10-5-8(6-16)3-4-9(10)12(23)28-13(14(17,18)19)15(20,21)29(24,25)26/h3-5,7,13H,6H2,1-2H3,(H,24,25,26). The highest BCUT2D eigenvalue weighted by atomic mass is 32.2. The first-order valence-corrected chi connectivity index (χ1v) is 9.13. The highest BCUT2D eigenvalue weighted by Gasteiger charge is 2.66. The van der Waals surface area contributed by atoms with Gasteiger partial charge in [0, 0.05) is 0 Å². The van der Waals surface area contributed by atoms with Crippen LogP contribution in [0.25, 0.3) is 0 Å². The molecule has 0 aliphatic carbocycles. The number of benzene rings is 1. The molecule has 7 nitrogen and oxygen atoms in total. The Hall–Kier alpha value is -2.22. The fraction of sp³-hybridized carbons (Fsp3) is 0.467. The van der Waals surface area contributed by atoms with Crippen LogP contribution < -0.4 is 4.74 Å². The van der Waals surface area contributed by atoms with Gasteiger partial charge in [-0.2, -0.15) is 30.4 Å². The number of halogens is 5. The summed E-state index contributed by atoms with van der Waals surface area (Å²) in [6, 6.07) is 2.92. The van der Waals surface area contributed by atoms with E-state index in [2.05, 4.69) is 4.74 Å². The summed E-state index contributed by atoms with van der Waals surface area (Å²) in [7, 11) is -1.22. The van der Waals surface area contributed by atoms with E-state index < -0.39 is 56.8 Å². The normalized spacial score (nSPS) is 13.8. The largest absolute Gasteiger partial charge is 0.441 e. The lowest BCUT2D eigenvalue weighted by atomic mass is 9.96. The van der Waals surface area contributed by atoms with Crippen LogP contribution in [0.4, 0.5) is 22.0 Å². The van der Waals surface area contributed by atoms with Crippen LogP contribution in [0.1, 0.15) is 29.8 Å². The predicted octanol–water partition coefficient (Wildman–Crippen LogP) is 2.48. The molecule has 160 valence electrons. The van der Waals surface area contributed by atoms with E-state index >= 15 is 0 Å². The van der Waals surface area contributed by atoms with Crippen LogP contribution >= 0.6 is 0 Å². The van der Waals surface area contributed by atoms with Gasteiger partial charge in [-0.1, -0.05) is 31.8 Å². The van der Waals surface area contributed by atoms with E-state index in [1.54, 1.807) is 0 Å². The molecule has 1 N–H and O–H groups in total. The quantitative estimate of drug-likeness (QED) is 0.227. The molecule has 14 heteroatoms. The van der Waals surface area contributed by atoms with Gasteiger partial charge in [-0.25, -0.2) is 4.79 Å². The lowest BCUT2D eigenvalue weighted by molar-refractivity contribution is -0.248. The minimum absolute atomic E-state index is 0.131. The molecule has 0 saturated heterocycles. The second-order valence-electron chi connectivity index (χ2n) is 5.97. The maximum absolute atomic E-state index is 13.6. The summed E-state index contributed by atoms with van der Waals surface area (Å²) in [6.07, 6.45) is -10.7. The van der Waals surface area contributed by atoms with E-state index in [4.69, 9.17) is 17.1 Å². The van der Waals surface area contributed by atoms with E-state index in [1.807, 2.05) is 0 Å². The van der Waals surface area contributed by atoms with E-state index in [1.165, 1.54) is 13.8 Å². The molecule has 0 aromatic heterocycles. The van der Waals surface area contributed by atoms with Gasteiger partial charge in [-0.15, -0.1) is 0 Å². The van der Waals surface area contributed by atoms with Crippen LogP contribution in [0.2, 0.25) is 0 Å². The van der Waals surface area contributed by atoms with Crippen molar-refractivity contribution in [3.63, 3.8) is 0 Å². The highest BCUT2D eigenvalue weighted by Crippen LogP contribution is 2.39. The third-order valence-electron chi connectivity index (χ3n) is 3.35. The molecule has 1 unspecified atom stereocenters. The number of esters is 2. The molecule has 29 heavy (non-hydrogen) atoms. The first kappa shape index (κ1) is 24.8. The Balaban J connectivity index is 3.40. The molecule has 1 atom stereocenters. The minimum atomic E-state index is -6.60. The number of hydrogen-bond acceptors (Lipinski definition) is 6. The average Bonchev–Trinajstić information content (AvgIpc) is 2.56. The van der Waals surface area contributed by atoms with Gasteiger partial charge >= 0.3 is 33.5 Å². The van der Waals surface area contributed by atoms with Gasteiger partial charge in [0.05, 0.1) is 13.8 Å². The van der Waals surface area contributed by atoms with Crippen molar-refractivity contribution in [1.82, 2.24) is 0 Å². The molecule has 0 saturated carbocycles. The Morgan fingerprint density at radius 1 is 1.17 bits per heavy atom. The molecule has 1 rings (SSSR count). The summed E-state index contributed by atoms with van der Waals surface area (Å²) < 4.78 is 104. The van der Waals surface area contributed by atoms with E-state index in [-0.39, 0.29) is 11.9 Å². The Bertz CT molecular complexity index is 884. The number of alkyl halides is 5. The van der Waals surface area contributed by atoms with Crippen molar-refractivity contribution >= 4 is 29.9 Å². The maximum Gasteiger partial charge on any atom is 0.432 e. The summed E-state index contributed by atoms with van der Waals surface area (Å²) in [5, 5.41) is -5.90. The fourth-order valence-electron chi connectivity index (χ4n) is 1.80. The second-order valence-corrected chi connectivity index (χ2v) is 7.47. The number of ether oxygens (including phenoxy) is 2. The summed E-state index contributed by atoms with van der Waals surface area (Å²) >= 11 is 0. The number of carbonyl (C=O) groups is 2. The molecular weight excluding hydrogens is 430 g/mol. The molecular formula is C15H14BF5O7S. The van der Waals surface area contributed by atoms with Gasteiger partial charge < -0.3 is 9.47 Å². The molecule has 1 aromatic rings. The molecule has 0 aliphatic heterocycles. The summed E-state index contributed by atoms with van der Waals surface area (Å²) in [5.74, 6) is -4.35. The van der Waals surface area contributed by atoms with Crippen molar-refractivity contribution in [3.05, 3.63) is 29.3 Å². The Labute approximate surface area is 163 Å². The molecule has 0 fully saturated rings. The van der Waals surface area contributed by atoms with Crippen molar-refractivity contribution in [2.24, 2.45) is 5.92 Å². The number of rotatable bonds is 7. The van der Waals surface area contributed by atoms with Gasteiger partial charge in [-0.3, -0.25) is 9.35 Å². The van der Waals surface area contributed by atoms with Crippen LogP contribution in [0, 0.1) is 5.92 Å². The minimum Gasteiger partial charge on any atom is -0.441 e. The van der Waals surface area contributed by atoms with Gasteiger partial charge in [0.15, 0.2) is 0 Å². The smallest absolute Gasteiger partial charge is 0.432 e. The van der Waals surface area contributed by atoms with Gasteiger partial charge in [-0.05, 0) is 12.1 Å². The maximum atomic E-state index is 13.6. The van der Waals surface area contributed by atoms with Crippen molar-refractivity contribution in [3.8, 4) is 5.75 Å². The average molecular weight is 444 g/mol. The molecule has 0 aliphatic rings. The van der Waals surface area contributed by atoms with Crippen LogP contribution in [0.3, 0.4) is 0 Å². The van der Waals surface area contributed by atoms with Gasteiger partial charge in [0.1, 0.15) is 11.3 Å². The molecule has 2 radical (unpaired) electrons. The Morgan fingerprint density at radius 3 is 2.14 bits per heavy atom. The summed E-state index contributed by atoms with van der Waals surface area (Å²) in [4.78, 5) is 23.8. The Morgan fingerprint density at radius 2 is 1.72 bits per heavy atom. The molecule has 0 spiro atoms. The first-order valence-electron chi connectivity index (χ1n) is 7.69. The second kappa shape index (κ2) is 8.65.